The van der Waals surface area contributed by atoms with E-state index in [0.717, 1.165) is 10.9 Å². The first-order valence-electron chi connectivity index (χ1n) is 6.30. The molecule has 2 unspecified atom stereocenters. The Kier molecular flexibility index (Phi) is 6.83. The van der Waals surface area contributed by atoms with Crippen LogP contribution in [-0.4, -0.2) is 17.7 Å². The van der Waals surface area contributed by atoms with E-state index in [9.17, 15) is 9.90 Å². The second-order valence-electron chi connectivity index (χ2n) is 4.26. The lowest BCUT2D eigenvalue weighted by atomic mass is 9.92. The van der Waals surface area contributed by atoms with Crippen molar-refractivity contribution in [2.45, 2.75) is 32.8 Å². The van der Waals surface area contributed by atoms with E-state index in [4.69, 9.17) is 16.3 Å². The Balaban J connectivity index is 3.01. The molecule has 19 heavy (non-hydrogen) atoms. The molecule has 0 aromatic heterocycles. The summed E-state index contributed by atoms with van der Waals surface area (Å²) in [5.41, 5.74) is 0.544. The molecule has 0 saturated heterocycles. The summed E-state index contributed by atoms with van der Waals surface area (Å²) in [7, 11) is 0. The van der Waals surface area contributed by atoms with E-state index in [2.05, 4.69) is 15.9 Å². The monoisotopic (exact) mass is 348 g/mol. The minimum absolute atomic E-state index is 0.304. The number of aliphatic hydroxyl groups is 1. The number of rotatable bonds is 6. The zero-order valence-corrected chi connectivity index (χ0v) is 13.4. The van der Waals surface area contributed by atoms with E-state index >= 15 is 0 Å². The lowest BCUT2D eigenvalue weighted by Gasteiger charge is -2.22. The van der Waals surface area contributed by atoms with Crippen LogP contribution >= 0.6 is 27.5 Å². The maximum atomic E-state index is 11.9. The number of benzene rings is 1. The van der Waals surface area contributed by atoms with Gasteiger partial charge in [-0.05, 0) is 31.5 Å². The molecule has 1 N–H and O–H groups in total. The summed E-state index contributed by atoms with van der Waals surface area (Å²) in [6.45, 7) is 4.01. The first-order chi connectivity index (χ1) is 9.01. The topological polar surface area (TPSA) is 46.5 Å². The van der Waals surface area contributed by atoms with Crippen LogP contribution in [0.3, 0.4) is 0 Å². The molecule has 1 aromatic carbocycles. The highest BCUT2D eigenvalue weighted by atomic mass is 79.9. The number of hydrogen-bond acceptors (Lipinski definition) is 3. The van der Waals surface area contributed by atoms with Crippen LogP contribution in [0.1, 0.15) is 38.4 Å². The number of hydrogen-bond donors (Lipinski definition) is 1. The molecule has 1 aromatic rings. The van der Waals surface area contributed by atoms with Gasteiger partial charge in [0.2, 0.25) is 0 Å². The molecule has 0 fully saturated rings. The molecule has 0 aliphatic heterocycles. The van der Waals surface area contributed by atoms with Crippen LogP contribution in [0.5, 0.6) is 0 Å². The number of halogens is 2. The van der Waals surface area contributed by atoms with Crippen LogP contribution in [0.25, 0.3) is 0 Å². The first-order valence-corrected chi connectivity index (χ1v) is 7.48. The Morgan fingerprint density at radius 1 is 1.47 bits per heavy atom. The molecule has 5 heteroatoms. The average Bonchev–Trinajstić information content (AvgIpc) is 2.38. The molecule has 0 spiro atoms. The molecular formula is C14H18BrClO3. The van der Waals surface area contributed by atoms with Crippen molar-refractivity contribution in [1.82, 2.24) is 0 Å². The fourth-order valence-electron chi connectivity index (χ4n) is 1.92. The zero-order valence-electron chi connectivity index (χ0n) is 11.0. The largest absolute Gasteiger partial charge is 0.466 e. The van der Waals surface area contributed by atoms with Crippen LogP contribution < -0.4 is 0 Å². The van der Waals surface area contributed by atoms with E-state index in [1.807, 2.05) is 6.92 Å². The first kappa shape index (κ1) is 16.5. The highest BCUT2D eigenvalue weighted by Crippen LogP contribution is 2.33. The van der Waals surface area contributed by atoms with Crippen molar-refractivity contribution in [3.05, 3.63) is 33.3 Å². The number of aliphatic hydroxyl groups excluding tert-OH is 1. The molecule has 0 heterocycles. The van der Waals surface area contributed by atoms with Crippen LogP contribution in [0.15, 0.2) is 22.7 Å². The predicted octanol–water partition coefficient (Wildman–Crippen LogP) is 4.12. The van der Waals surface area contributed by atoms with E-state index < -0.39 is 12.0 Å². The third-order valence-corrected chi connectivity index (χ3v) is 3.68. The molecule has 1 rings (SSSR count). The zero-order chi connectivity index (χ0) is 14.4. The molecule has 0 aliphatic rings. The van der Waals surface area contributed by atoms with Crippen molar-refractivity contribution >= 4 is 33.5 Å². The van der Waals surface area contributed by atoms with E-state index in [-0.39, 0.29) is 5.97 Å². The van der Waals surface area contributed by atoms with Crippen molar-refractivity contribution in [2.75, 3.05) is 6.61 Å². The van der Waals surface area contributed by atoms with Gasteiger partial charge in [-0.1, -0.05) is 40.9 Å². The lowest BCUT2D eigenvalue weighted by molar-refractivity contribution is -0.152. The molecular weight excluding hydrogens is 332 g/mol. The molecule has 0 bridgehead atoms. The quantitative estimate of drug-likeness (QED) is 0.786. The minimum atomic E-state index is -0.955. The third kappa shape index (κ3) is 4.48. The lowest BCUT2D eigenvalue weighted by Crippen LogP contribution is -2.24. The third-order valence-electron chi connectivity index (χ3n) is 2.85. The summed E-state index contributed by atoms with van der Waals surface area (Å²) in [5.74, 6) is -0.968. The molecule has 2 atom stereocenters. The summed E-state index contributed by atoms with van der Waals surface area (Å²) >= 11 is 9.42. The van der Waals surface area contributed by atoms with E-state index in [1.165, 1.54) is 0 Å². The molecule has 106 valence electrons. The van der Waals surface area contributed by atoms with Gasteiger partial charge in [0.1, 0.15) is 0 Å². The van der Waals surface area contributed by atoms with Gasteiger partial charge in [-0.25, -0.2) is 0 Å². The van der Waals surface area contributed by atoms with Crippen LogP contribution in [-0.2, 0) is 9.53 Å². The second-order valence-corrected chi connectivity index (χ2v) is 5.58. The predicted molar refractivity (Wildman–Crippen MR) is 79.1 cm³/mol. The Labute approximate surface area is 127 Å². The summed E-state index contributed by atoms with van der Waals surface area (Å²) in [6, 6.07) is 5.21. The second kappa shape index (κ2) is 7.88. The average molecular weight is 350 g/mol. The molecule has 0 aliphatic carbocycles. The SMILES string of the molecule is CCCC(C(=O)OCC)C(O)c1cc(Br)ccc1Cl. The maximum Gasteiger partial charge on any atom is 0.311 e. The van der Waals surface area contributed by atoms with Gasteiger partial charge in [-0.2, -0.15) is 0 Å². The highest BCUT2D eigenvalue weighted by molar-refractivity contribution is 9.10. The standard InChI is InChI=1S/C14H18BrClO3/c1-3-5-10(14(18)19-4-2)13(17)11-8-9(15)6-7-12(11)16/h6-8,10,13,17H,3-5H2,1-2H3. The van der Waals surface area contributed by atoms with Crippen molar-refractivity contribution in [3.63, 3.8) is 0 Å². The summed E-state index contributed by atoms with van der Waals surface area (Å²) in [4.78, 5) is 11.9. The van der Waals surface area contributed by atoms with Crippen molar-refractivity contribution in [1.29, 1.82) is 0 Å². The number of ether oxygens (including phenoxy) is 1. The number of carbonyl (C=O) groups is 1. The van der Waals surface area contributed by atoms with Gasteiger partial charge in [0.25, 0.3) is 0 Å². The Bertz CT molecular complexity index is 437. The van der Waals surface area contributed by atoms with Crippen molar-refractivity contribution in [3.8, 4) is 0 Å². The fourth-order valence-corrected chi connectivity index (χ4v) is 2.53. The normalized spacial score (nSPS) is 13.9. The molecule has 0 radical (unpaired) electrons. The molecule has 0 saturated carbocycles. The molecule has 0 amide bonds. The van der Waals surface area contributed by atoms with Gasteiger partial charge in [0.05, 0.1) is 18.6 Å². The van der Waals surface area contributed by atoms with Gasteiger partial charge in [0.15, 0.2) is 0 Å². The van der Waals surface area contributed by atoms with Crippen LogP contribution in [0, 0.1) is 5.92 Å². The Morgan fingerprint density at radius 2 is 2.16 bits per heavy atom. The highest BCUT2D eigenvalue weighted by Gasteiger charge is 2.29. The van der Waals surface area contributed by atoms with Crippen molar-refractivity contribution < 1.29 is 14.6 Å². The summed E-state index contributed by atoms with van der Waals surface area (Å²) in [5, 5.41) is 10.9. The summed E-state index contributed by atoms with van der Waals surface area (Å²) < 4.78 is 5.83. The smallest absolute Gasteiger partial charge is 0.311 e. The van der Waals surface area contributed by atoms with Gasteiger partial charge < -0.3 is 9.84 Å². The molecule has 3 nitrogen and oxygen atoms in total. The van der Waals surface area contributed by atoms with Gasteiger partial charge in [-0.15, -0.1) is 0 Å². The fraction of sp³-hybridized carbons (Fsp3) is 0.500. The minimum Gasteiger partial charge on any atom is -0.466 e. The number of esters is 1. The van der Waals surface area contributed by atoms with E-state index in [1.54, 1.807) is 25.1 Å². The number of carbonyl (C=O) groups excluding carboxylic acids is 1. The Hall–Kier alpha value is -0.580. The van der Waals surface area contributed by atoms with Gasteiger partial charge in [0, 0.05) is 15.1 Å². The van der Waals surface area contributed by atoms with Crippen LogP contribution in [0.4, 0.5) is 0 Å². The van der Waals surface area contributed by atoms with Gasteiger partial charge >= 0.3 is 5.97 Å². The van der Waals surface area contributed by atoms with Crippen molar-refractivity contribution in [2.24, 2.45) is 5.92 Å². The summed E-state index contributed by atoms with van der Waals surface area (Å²) in [6.07, 6.45) is 0.388. The van der Waals surface area contributed by atoms with Crippen LogP contribution in [0.2, 0.25) is 5.02 Å². The Morgan fingerprint density at radius 3 is 2.74 bits per heavy atom. The van der Waals surface area contributed by atoms with Gasteiger partial charge in [-0.3, -0.25) is 4.79 Å². The maximum absolute atomic E-state index is 11.9. The van der Waals surface area contributed by atoms with E-state index in [0.29, 0.717) is 23.6 Å².